The van der Waals surface area contributed by atoms with Crippen molar-refractivity contribution >= 4 is 15.9 Å². The number of sulfonamides is 1. The van der Waals surface area contributed by atoms with Gasteiger partial charge in [-0.15, -0.1) is 0 Å². The van der Waals surface area contributed by atoms with E-state index in [-0.39, 0.29) is 24.1 Å². The quantitative estimate of drug-likeness (QED) is 0.749. The molecule has 0 unspecified atom stereocenters. The lowest BCUT2D eigenvalue weighted by Gasteiger charge is -2.33. The fraction of sp³-hybridized carbons (Fsp3) is 0.900. The second-order valence-corrected chi connectivity index (χ2v) is 6.52. The minimum Gasteiger partial charge on any atom is -0.317 e. The minimum atomic E-state index is -3.30. The van der Waals surface area contributed by atoms with E-state index in [1.165, 1.54) is 0 Å². The van der Waals surface area contributed by atoms with Crippen LogP contribution in [-0.2, 0) is 14.8 Å². The van der Waals surface area contributed by atoms with E-state index in [4.69, 9.17) is 0 Å². The summed E-state index contributed by atoms with van der Waals surface area (Å²) in [6, 6.07) is 0.376. The molecule has 6 heteroatoms. The lowest BCUT2D eigenvalue weighted by Crippen LogP contribution is -2.44. The molecule has 0 spiro atoms. The number of nitrogens with zero attached hydrogens (tertiary/aromatic N) is 1. The molecule has 1 heterocycles. The van der Waals surface area contributed by atoms with E-state index in [2.05, 4.69) is 5.32 Å². The Bertz CT molecular complexity index is 372. The van der Waals surface area contributed by atoms with Crippen LogP contribution in [0.1, 0.15) is 32.1 Å². The average molecular weight is 246 g/mol. The van der Waals surface area contributed by atoms with Crippen molar-refractivity contribution in [1.82, 2.24) is 9.62 Å². The average Bonchev–Trinajstić information content (AvgIpc) is 2.53. The fourth-order valence-electron chi connectivity index (χ4n) is 2.61. The SMILES string of the molecule is CNC1CCC(N2C(=O)CCS2(=O)=O)CC1. The first-order valence-electron chi connectivity index (χ1n) is 5.77. The molecule has 1 saturated carbocycles. The topological polar surface area (TPSA) is 66.5 Å². The van der Waals surface area contributed by atoms with Crippen LogP contribution in [0.5, 0.6) is 0 Å². The second kappa shape index (κ2) is 4.33. The largest absolute Gasteiger partial charge is 0.317 e. The molecule has 0 aromatic rings. The van der Waals surface area contributed by atoms with Gasteiger partial charge in [-0.05, 0) is 32.7 Å². The Hall–Kier alpha value is -0.620. The van der Waals surface area contributed by atoms with Crippen LogP contribution in [0.4, 0.5) is 0 Å². The molecule has 1 aliphatic carbocycles. The van der Waals surface area contributed by atoms with Crippen LogP contribution in [0, 0.1) is 0 Å². The maximum Gasteiger partial charge on any atom is 0.238 e. The fourth-order valence-corrected chi connectivity index (χ4v) is 4.31. The van der Waals surface area contributed by atoms with Gasteiger partial charge in [0, 0.05) is 18.5 Å². The summed E-state index contributed by atoms with van der Waals surface area (Å²) in [5.41, 5.74) is 0. The molecule has 1 N–H and O–H groups in total. The summed E-state index contributed by atoms with van der Waals surface area (Å²) in [4.78, 5) is 11.6. The molecule has 92 valence electrons. The predicted molar refractivity (Wildman–Crippen MR) is 60.4 cm³/mol. The number of hydrogen-bond acceptors (Lipinski definition) is 4. The zero-order valence-corrected chi connectivity index (χ0v) is 10.3. The van der Waals surface area contributed by atoms with Crippen molar-refractivity contribution in [3.8, 4) is 0 Å². The van der Waals surface area contributed by atoms with Crippen LogP contribution >= 0.6 is 0 Å². The maximum absolute atomic E-state index is 11.7. The van der Waals surface area contributed by atoms with Crippen molar-refractivity contribution in [2.24, 2.45) is 0 Å². The van der Waals surface area contributed by atoms with Crippen molar-refractivity contribution in [2.45, 2.75) is 44.2 Å². The van der Waals surface area contributed by atoms with Crippen molar-refractivity contribution < 1.29 is 13.2 Å². The number of carbonyl (C=O) groups excluding carboxylic acids is 1. The summed E-state index contributed by atoms with van der Waals surface area (Å²) >= 11 is 0. The number of amides is 1. The Morgan fingerprint density at radius 1 is 1.25 bits per heavy atom. The highest BCUT2D eigenvalue weighted by Gasteiger charge is 2.41. The van der Waals surface area contributed by atoms with Crippen molar-refractivity contribution in [3.05, 3.63) is 0 Å². The zero-order valence-electron chi connectivity index (χ0n) is 9.48. The van der Waals surface area contributed by atoms with E-state index in [9.17, 15) is 13.2 Å². The van der Waals surface area contributed by atoms with Gasteiger partial charge in [0.15, 0.2) is 0 Å². The Balaban J connectivity index is 2.06. The Morgan fingerprint density at radius 2 is 1.88 bits per heavy atom. The molecule has 2 rings (SSSR count). The summed E-state index contributed by atoms with van der Waals surface area (Å²) in [5, 5.41) is 3.19. The van der Waals surface area contributed by atoms with Gasteiger partial charge in [-0.1, -0.05) is 0 Å². The molecule has 0 aromatic heterocycles. The molecular weight excluding hydrogens is 228 g/mol. The van der Waals surface area contributed by atoms with E-state index in [1.807, 2.05) is 7.05 Å². The number of hydrogen-bond donors (Lipinski definition) is 1. The molecule has 0 radical (unpaired) electrons. The van der Waals surface area contributed by atoms with Crippen LogP contribution in [0.25, 0.3) is 0 Å². The summed E-state index contributed by atoms with van der Waals surface area (Å²) in [5.74, 6) is -0.217. The Kier molecular flexibility index (Phi) is 3.21. The van der Waals surface area contributed by atoms with Crippen LogP contribution in [0.2, 0.25) is 0 Å². The van der Waals surface area contributed by atoms with Crippen LogP contribution in [0.3, 0.4) is 0 Å². The van der Waals surface area contributed by atoms with E-state index in [1.54, 1.807) is 0 Å². The van der Waals surface area contributed by atoms with Gasteiger partial charge in [-0.25, -0.2) is 12.7 Å². The van der Waals surface area contributed by atoms with Crippen LogP contribution in [0.15, 0.2) is 0 Å². The third-order valence-electron chi connectivity index (χ3n) is 3.56. The van der Waals surface area contributed by atoms with Crippen molar-refractivity contribution in [2.75, 3.05) is 12.8 Å². The molecule has 1 saturated heterocycles. The highest BCUT2D eigenvalue weighted by atomic mass is 32.2. The molecule has 16 heavy (non-hydrogen) atoms. The normalized spacial score (nSPS) is 34.3. The molecule has 0 bridgehead atoms. The van der Waals surface area contributed by atoms with Gasteiger partial charge in [0.05, 0.1) is 5.75 Å². The van der Waals surface area contributed by atoms with Gasteiger partial charge in [0.2, 0.25) is 15.9 Å². The first kappa shape index (κ1) is 11.9. The third-order valence-corrected chi connectivity index (χ3v) is 5.38. The standard InChI is InChI=1S/C10H18N2O3S/c1-11-8-2-4-9(5-3-8)12-10(13)6-7-16(12,14)15/h8-9,11H,2-7H2,1H3. The highest BCUT2D eigenvalue weighted by Crippen LogP contribution is 2.28. The first-order valence-corrected chi connectivity index (χ1v) is 7.37. The molecule has 0 aromatic carbocycles. The molecule has 0 atom stereocenters. The Morgan fingerprint density at radius 3 is 2.31 bits per heavy atom. The van der Waals surface area contributed by atoms with E-state index in [0.29, 0.717) is 6.04 Å². The van der Waals surface area contributed by atoms with Gasteiger partial charge in [0.1, 0.15) is 0 Å². The van der Waals surface area contributed by atoms with Crippen molar-refractivity contribution in [1.29, 1.82) is 0 Å². The summed E-state index contributed by atoms with van der Waals surface area (Å²) in [6.07, 6.45) is 3.63. The third kappa shape index (κ3) is 2.08. The molecule has 2 fully saturated rings. The van der Waals surface area contributed by atoms with Crippen LogP contribution in [-0.4, -0.2) is 43.5 Å². The minimum absolute atomic E-state index is 0.00219. The molecular formula is C10H18N2O3S. The van der Waals surface area contributed by atoms with Gasteiger partial charge in [0.25, 0.3) is 0 Å². The van der Waals surface area contributed by atoms with Gasteiger partial charge >= 0.3 is 0 Å². The molecule has 1 aliphatic heterocycles. The van der Waals surface area contributed by atoms with Gasteiger partial charge < -0.3 is 5.32 Å². The van der Waals surface area contributed by atoms with Gasteiger partial charge in [-0.2, -0.15) is 0 Å². The molecule has 1 amide bonds. The van der Waals surface area contributed by atoms with Crippen LogP contribution < -0.4 is 5.32 Å². The van der Waals surface area contributed by atoms with E-state index < -0.39 is 10.0 Å². The van der Waals surface area contributed by atoms with Crippen molar-refractivity contribution in [3.63, 3.8) is 0 Å². The Labute approximate surface area is 96.2 Å². The van der Waals surface area contributed by atoms with Gasteiger partial charge in [-0.3, -0.25) is 4.79 Å². The monoisotopic (exact) mass is 246 g/mol. The van der Waals surface area contributed by atoms with E-state index in [0.717, 1.165) is 30.0 Å². The second-order valence-electron chi connectivity index (χ2n) is 4.55. The molecule has 2 aliphatic rings. The van der Waals surface area contributed by atoms with E-state index >= 15 is 0 Å². The number of rotatable bonds is 2. The lowest BCUT2D eigenvalue weighted by atomic mass is 9.91. The summed E-state index contributed by atoms with van der Waals surface area (Å²) < 4.78 is 24.6. The molecule has 5 nitrogen and oxygen atoms in total. The predicted octanol–water partition coefficient (Wildman–Crippen LogP) is 0.0791. The highest BCUT2D eigenvalue weighted by molar-refractivity contribution is 7.90. The maximum atomic E-state index is 11.7. The lowest BCUT2D eigenvalue weighted by molar-refractivity contribution is -0.126. The summed E-state index contributed by atoms with van der Waals surface area (Å²) in [7, 11) is -1.38. The number of nitrogens with one attached hydrogen (secondary N) is 1. The smallest absolute Gasteiger partial charge is 0.238 e. The zero-order chi connectivity index (χ0) is 11.8. The summed E-state index contributed by atoms with van der Waals surface area (Å²) in [6.45, 7) is 0. The first-order chi connectivity index (χ1) is 7.54. The number of carbonyl (C=O) groups is 1.